The summed E-state index contributed by atoms with van der Waals surface area (Å²) < 4.78 is 6.65. The molecule has 19 heavy (non-hydrogen) atoms. The molecule has 2 rings (SSSR count). The predicted molar refractivity (Wildman–Crippen MR) is 86.7 cm³/mol. The van der Waals surface area contributed by atoms with Crippen molar-refractivity contribution < 1.29 is 4.52 Å². The van der Waals surface area contributed by atoms with Crippen LogP contribution >= 0.6 is 7.49 Å². The van der Waals surface area contributed by atoms with Crippen LogP contribution in [0.15, 0.2) is 30.3 Å². The first kappa shape index (κ1) is 15.0. The number of hydrogen-bond acceptors (Lipinski definition) is 1. The highest BCUT2D eigenvalue weighted by molar-refractivity contribution is 7.78. The average Bonchev–Trinajstić information content (AvgIpc) is 3.27. The highest BCUT2D eigenvalue weighted by Gasteiger charge is 2.46. The van der Waals surface area contributed by atoms with Gasteiger partial charge in [0.1, 0.15) is 11.4 Å². The van der Waals surface area contributed by atoms with Crippen molar-refractivity contribution in [2.24, 2.45) is 0 Å². The molecular formula is C17H28OP+. The summed E-state index contributed by atoms with van der Waals surface area (Å²) in [5.41, 5.74) is 0. The van der Waals surface area contributed by atoms with Gasteiger partial charge < -0.3 is 0 Å². The van der Waals surface area contributed by atoms with E-state index < -0.39 is 7.49 Å². The summed E-state index contributed by atoms with van der Waals surface area (Å²) in [4.78, 5) is 0. The van der Waals surface area contributed by atoms with E-state index in [9.17, 15) is 0 Å². The third-order valence-corrected chi connectivity index (χ3v) is 7.87. The molecule has 1 aliphatic carbocycles. The van der Waals surface area contributed by atoms with E-state index in [1.807, 2.05) is 0 Å². The smallest absolute Gasteiger partial charge is 0.178 e. The maximum atomic E-state index is 6.65. The van der Waals surface area contributed by atoms with Crippen LogP contribution < -0.4 is 5.30 Å². The van der Waals surface area contributed by atoms with E-state index in [1.54, 1.807) is 0 Å². The molecule has 1 nitrogen and oxygen atoms in total. The van der Waals surface area contributed by atoms with E-state index in [-0.39, 0.29) is 0 Å². The molecule has 1 fully saturated rings. The monoisotopic (exact) mass is 279 g/mol. The van der Waals surface area contributed by atoms with Crippen molar-refractivity contribution in [3.63, 3.8) is 0 Å². The fourth-order valence-corrected chi connectivity index (χ4v) is 6.75. The molecule has 0 heterocycles. The van der Waals surface area contributed by atoms with Crippen LogP contribution in [0.25, 0.3) is 0 Å². The summed E-state index contributed by atoms with van der Waals surface area (Å²) in [6.45, 7) is 4.58. The van der Waals surface area contributed by atoms with E-state index in [4.69, 9.17) is 4.52 Å². The molecule has 106 valence electrons. The van der Waals surface area contributed by atoms with Crippen molar-refractivity contribution in [3.05, 3.63) is 30.3 Å². The molecular weight excluding hydrogens is 251 g/mol. The molecule has 0 aromatic heterocycles. The van der Waals surface area contributed by atoms with Gasteiger partial charge in [0, 0.05) is 0 Å². The molecule has 0 unspecified atom stereocenters. The molecule has 2 heteroatoms. The summed E-state index contributed by atoms with van der Waals surface area (Å²) in [7, 11) is -1.38. The number of benzene rings is 1. The van der Waals surface area contributed by atoms with Crippen LogP contribution in [0, 0.1) is 0 Å². The van der Waals surface area contributed by atoms with Crippen LogP contribution in [-0.2, 0) is 4.52 Å². The van der Waals surface area contributed by atoms with Crippen LogP contribution in [0.3, 0.4) is 0 Å². The Balaban J connectivity index is 2.20. The van der Waals surface area contributed by atoms with Gasteiger partial charge in [-0.3, -0.25) is 0 Å². The van der Waals surface area contributed by atoms with E-state index in [0.29, 0.717) is 6.10 Å². The Morgan fingerprint density at radius 3 is 2.05 bits per heavy atom. The molecule has 0 N–H and O–H groups in total. The SMILES string of the molecule is CCCC[P+](CCCC)(OC1CC1)c1ccccc1. The van der Waals surface area contributed by atoms with Gasteiger partial charge in [-0.15, -0.1) is 0 Å². The van der Waals surface area contributed by atoms with Gasteiger partial charge in [0.15, 0.2) is 7.49 Å². The molecule has 0 amide bonds. The quantitative estimate of drug-likeness (QED) is 0.576. The Morgan fingerprint density at radius 2 is 1.58 bits per heavy atom. The minimum Gasteiger partial charge on any atom is -0.230 e. The standard InChI is InChI=1S/C17H28OP/c1-3-5-14-19(15-6-4-2,18-16-12-13-16)17-10-8-7-9-11-17/h7-11,16H,3-6,12-15H2,1-2H3/q+1. The summed E-state index contributed by atoms with van der Waals surface area (Å²) in [6.07, 6.45) is 10.9. The van der Waals surface area contributed by atoms with Crippen molar-refractivity contribution in [3.8, 4) is 0 Å². The highest BCUT2D eigenvalue weighted by Crippen LogP contribution is 2.63. The molecule has 1 aromatic rings. The van der Waals surface area contributed by atoms with Crippen molar-refractivity contribution >= 4 is 12.8 Å². The predicted octanol–water partition coefficient (Wildman–Crippen LogP) is 5.02. The first-order chi connectivity index (χ1) is 9.30. The molecule has 1 aliphatic rings. The second-order valence-electron chi connectivity index (χ2n) is 5.68. The fourth-order valence-electron chi connectivity index (χ4n) is 2.52. The van der Waals surface area contributed by atoms with Crippen LogP contribution in [-0.4, -0.2) is 18.4 Å². The van der Waals surface area contributed by atoms with Crippen LogP contribution in [0.5, 0.6) is 0 Å². The lowest BCUT2D eigenvalue weighted by Crippen LogP contribution is -2.21. The van der Waals surface area contributed by atoms with Crippen molar-refractivity contribution in [2.45, 2.75) is 58.5 Å². The lowest BCUT2D eigenvalue weighted by atomic mass is 10.4. The minimum atomic E-state index is -1.38. The zero-order valence-corrected chi connectivity index (χ0v) is 13.4. The van der Waals surface area contributed by atoms with E-state index in [1.165, 1.54) is 56.2 Å². The van der Waals surface area contributed by atoms with Gasteiger partial charge in [-0.25, -0.2) is 4.52 Å². The van der Waals surface area contributed by atoms with Crippen molar-refractivity contribution in [2.75, 3.05) is 12.3 Å². The number of rotatable bonds is 9. The van der Waals surface area contributed by atoms with Crippen LogP contribution in [0.2, 0.25) is 0 Å². The molecule has 0 spiro atoms. The van der Waals surface area contributed by atoms with Crippen LogP contribution in [0.4, 0.5) is 0 Å². The third-order valence-electron chi connectivity index (χ3n) is 3.85. The third kappa shape index (κ3) is 4.29. The number of unbranched alkanes of at least 4 members (excludes halogenated alkanes) is 2. The van der Waals surface area contributed by atoms with Gasteiger partial charge in [0.2, 0.25) is 0 Å². The van der Waals surface area contributed by atoms with Gasteiger partial charge in [-0.1, -0.05) is 44.9 Å². The number of hydrogen-bond donors (Lipinski definition) is 0. The Kier molecular flexibility index (Phi) is 5.85. The summed E-state index contributed by atoms with van der Waals surface area (Å²) in [5.74, 6) is 0. The molecule has 0 atom stereocenters. The zero-order valence-electron chi connectivity index (χ0n) is 12.5. The normalized spacial score (nSPS) is 15.7. The topological polar surface area (TPSA) is 9.23 Å². The maximum Gasteiger partial charge on any atom is 0.178 e. The van der Waals surface area contributed by atoms with E-state index in [2.05, 4.69) is 44.2 Å². The lowest BCUT2D eigenvalue weighted by molar-refractivity contribution is 0.328. The zero-order chi connectivity index (χ0) is 13.6. The Morgan fingerprint density at radius 1 is 1.00 bits per heavy atom. The minimum absolute atomic E-state index is 0.572. The molecule has 0 saturated heterocycles. The summed E-state index contributed by atoms with van der Waals surface area (Å²) in [6, 6.07) is 11.1. The van der Waals surface area contributed by atoms with E-state index >= 15 is 0 Å². The van der Waals surface area contributed by atoms with Crippen molar-refractivity contribution in [1.82, 2.24) is 0 Å². The Labute approximate surface area is 119 Å². The average molecular weight is 279 g/mol. The van der Waals surface area contributed by atoms with Gasteiger partial charge in [-0.05, 0) is 37.8 Å². The summed E-state index contributed by atoms with van der Waals surface area (Å²) in [5, 5.41) is 1.50. The van der Waals surface area contributed by atoms with Gasteiger partial charge in [-0.2, -0.15) is 0 Å². The van der Waals surface area contributed by atoms with Gasteiger partial charge in [0.05, 0.1) is 12.3 Å². The lowest BCUT2D eigenvalue weighted by Gasteiger charge is -2.26. The molecule has 1 saturated carbocycles. The second kappa shape index (κ2) is 7.41. The van der Waals surface area contributed by atoms with Gasteiger partial charge in [0.25, 0.3) is 0 Å². The molecule has 0 bridgehead atoms. The van der Waals surface area contributed by atoms with Crippen molar-refractivity contribution in [1.29, 1.82) is 0 Å². The first-order valence-electron chi connectivity index (χ1n) is 7.92. The maximum absolute atomic E-state index is 6.65. The first-order valence-corrected chi connectivity index (χ1v) is 9.99. The fraction of sp³-hybridized carbons (Fsp3) is 0.647. The Hall–Kier alpha value is -0.390. The highest BCUT2D eigenvalue weighted by atomic mass is 31.2. The van der Waals surface area contributed by atoms with E-state index in [0.717, 1.165) is 0 Å². The van der Waals surface area contributed by atoms with Gasteiger partial charge >= 0.3 is 0 Å². The molecule has 0 radical (unpaired) electrons. The summed E-state index contributed by atoms with van der Waals surface area (Å²) >= 11 is 0. The second-order valence-corrected chi connectivity index (χ2v) is 9.08. The Bertz CT molecular complexity index is 351. The van der Waals surface area contributed by atoms with Crippen LogP contribution in [0.1, 0.15) is 52.4 Å². The molecule has 0 aliphatic heterocycles. The molecule has 1 aromatic carbocycles. The largest absolute Gasteiger partial charge is 0.230 e.